The summed E-state index contributed by atoms with van der Waals surface area (Å²) in [5, 5.41) is 6.70. The van der Waals surface area contributed by atoms with E-state index in [0.29, 0.717) is 12.8 Å². The molecular formula is C10H17N5O2S2. The second-order valence-corrected chi connectivity index (χ2v) is 6.40. The zero-order valence-electron chi connectivity index (χ0n) is 11.0. The third kappa shape index (κ3) is 3.80. The van der Waals surface area contributed by atoms with Gasteiger partial charge in [0.2, 0.25) is 10.0 Å². The first kappa shape index (κ1) is 15.7. The molecule has 1 aromatic heterocycles. The molecule has 0 fully saturated rings. The van der Waals surface area contributed by atoms with E-state index in [4.69, 9.17) is 5.73 Å². The third-order valence-electron chi connectivity index (χ3n) is 2.61. The van der Waals surface area contributed by atoms with Gasteiger partial charge in [-0.1, -0.05) is 26.1 Å². The lowest BCUT2D eigenvalue weighted by Crippen LogP contribution is -2.36. The summed E-state index contributed by atoms with van der Waals surface area (Å²) in [5.74, 6) is -0.0582. The fourth-order valence-electron chi connectivity index (χ4n) is 1.35. The minimum atomic E-state index is -3.74. The van der Waals surface area contributed by atoms with Gasteiger partial charge in [-0.25, -0.2) is 18.1 Å². The minimum absolute atomic E-state index is 0.0582. The van der Waals surface area contributed by atoms with E-state index in [9.17, 15) is 8.42 Å². The molecule has 0 aliphatic rings. The topological polar surface area (TPSA) is 111 Å². The Bertz CT molecular complexity index is 573. The molecule has 0 amide bonds. The van der Waals surface area contributed by atoms with E-state index in [1.807, 2.05) is 13.8 Å². The van der Waals surface area contributed by atoms with Gasteiger partial charge in [0.15, 0.2) is 0 Å². The summed E-state index contributed by atoms with van der Waals surface area (Å²) in [6, 6.07) is 0. The summed E-state index contributed by atoms with van der Waals surface area (Å²) in [4.78, 5) is 4.03. The smallest absolute Gasteiger partial charge is 0.256 e. The molecule has 0 spiro atoms. The van der Waals surface area contributed by atoms with Crippen molar-refractivity contribution >= 4 is 33.2 Å². The van der Waals surface area contributed by atoms with Crippen LogP contribution < -0.4 is 10.5 Å². The van der Waals surface area contributed by atoms with Gasteiger partial charge in [-0.05, 0) is 19.8 Å². The molecule has 0 saturated carbocycles. The Hall–Kier alpha value is -1.35. The van der Waals surface area contributed by atoms with Gasteiger partial charge in [0.1, 0.15) is 5.25 Å². The van der Waals surface area contributed by atoms with Gasteiger partial charge in [-0.15, -0.1) is 10.2 Å². The number of nitrogens with zero attached hydrogens (tertiary/aromatic N) is 3. The largest absolute Gasteiger partial charge is 0.392 e. The fraction of sp³-hybridized carbons (Fsp3) is 0.600. The van der Waals surface area contributed by atoms with Gasteiger partial charge in [-0.2, -0.15) is 0 Å². The number of sulfonamides is 1. The van der Waals surface area contributed by atoms with Crippen molar-refractivity contribution in [2.45, 2.75) is 38.9 Å². The molecule has 0 aliphatic carbocycles. The summed E-state index contributed by atoms with van der Waals surface area (Å²) < 4.78 is 26.1. The summed E-state index contributed by atoms with van der Waals surface area (Å²) in [7, 11) is -3.74. The molecule has 0 aliphatic heterocycles. The first-order chi connectivity index (χ1) is 8.81. The van der Waals surface area contributed by atoms with Crippen molar-refractivity contribution in [2.24, 2.45) is 5.73 Å². The van der Waals surface area contributed by atoms with Gasteiger partial charge < -0.3 is 5.73 Å². The lowest BCUT2D eigenvalue weighted by Gasteiger charge is -2.12. The normalized spacial score (nSPS) is 13.0. The monoisotopic (exact) mass is 303 g/mol. The molecule has 19 heavy (non-hydrogen) atoms. The second kappa shape index (κ2) is 6.20. The highest BCUT2D eigenvalue weighted by atomic mass is 32.2. The van der Waals surface area contributed by atoms with Gasteiger partial charge in [0, 0.05) is 0 Å². The van der Waals surface area contributed by atoms with E-state index >= 15 is 0 Å². The standard InChI is InChI=1S/C10H17N5O2S2/c1-4-7-8(5-2)13-14-10(12-7)15-19(16,17)6(3)9(11)18/h6H,4-5H2,1-3H3,(H2,11,18)(H,12,14,15). The van der Waals surface area contributed by atoms with Crippen LogP contribution in [0.25, 0.3) is 0 Å². The molecule has 1 aromatic rings. The van der Waals surface area contributed by atoms with Crippen molar-refractivity contribution < 1.29 is 8.42 Å². The van der Waals surface area contributed by atoms with Crippen molar-refractivity contribution in [3.8, 4) is 0 Å². The van der Waals surface area contributed by atoms with Crippen molar-refractivity contribution in [3.05, 3.63) is 11.4 Å². The lowest BCUT2D eigenvalue weighted by molar-refractivity contribution is 0.597. The van der Waals surface area contributed by atoms with Crippen molar-refractivity contribution in [1.29, 1.82) is 0 Å². The van der Waals surface area contributed by atoms with Crippen LogP contribution in [0.1, 0.15) is 32.2 Å². The molecular weight excluding hydrogens is 286 g/mol. The maximum absolute atomic E-state index is 11.9. The van der Waals surface area contributed by atoms with E-state index in [1.54, 1.807) is 0 Å². The Kier molecular flexibility index (Phi) is 5.12. The maximum atomic E-state index is 11.9. The molecule has 0 radical (unpaired) electrons. The predicted octanol–water partition coefficient (Wildman–Crippen LogP) is 0.413. The SMILES string of the molecule is CCc1nnc(NS(=O)(=O)C(C)C(N)=S)nc1CC. The summed E-state index contributed by atoms with van der Waals surface area (Å²) >= 11 is 4.67. The summed E-state index contributed by atoms with van der Waals surface area (Å²) in [6.45, 7) is 5.25. The van der Waals surface area contributed by atoms with Gasteiger partial charge >= 0.3 is 0 Å². The third-order valence-corrected chi connectivity index (χ3v) is 4.76. The number of aromatic nitrogens is 3. The number of hydrogen-bond acceptors (Lipinski definition) is 6. The predicted molar refractivity (Wildman–Crippen MR) is 77.4 cm³/mol. The van der Waals surface area contributed by atoms with Crippen molar-refractivity contribution in [3.63, 3.8) is 0 Å². The number of rotatable bonds is 6. The lowest BCUT2D eigenvalue weighted by atomic mass is 10.2. The van der Waals surface area contributed by atoms with Crippen LogP contribution in [-0.2, 0) is 22.9 Å². The Balaban J connectivity index is 3.04. The summed E-state index contributed by atoms with van der Waals surface area (Å²) in [6.07, 6.45) is 1.35. The van der Waals surface area contributed by atoms with Crippen LogP contribution in [-0.4, -0.2) is 33.8 Å². The molecule has 106 valence electrons. The van der Waals surface area contributed by atoms with Crippen LogP contribution in [0.5, 0.6) is 0 Å². The van der Waals surface area contributed by atoms with Crippen molar-refractivity contribution in [2.75, 3.05) is 4.72 Å². The molecule has 0 bridgehead atoms. The van der Waals surface area contributed by atoms with E-state index in [2.05, 4.69) is 32.1 Å². The Labute approximate surface area is 118 Å². The summed E-state index contributed by atoms with van der Waals surface area (Å²) in [5.41, 5.74) is 6.81. The van der Waals surface area contributed by atoms with E-state index < -0.39 is 15.3 Å². The minimum Gasteiger partial charge on any atom is -0.392 e. The number of hydrogen-bond donors (Lipinski definition) is 2. The number of anilines is 1. The number of aryl methyl sites for hydroxylation is 2. The molecule has 1 heterocycles. The number of nitrogens with one attached hydrogen (secondary N) is 1. The first-order valence-electron chi connectivity index (χ1n) is 5.85. The van der Waals surface area contributed by atoms with Gasteiger partial charge in [0.05, 0.1) is 16.4 Å². The average Bonchev–Trinajstić information content (AvgIpc) is 2.36. The highest BCUT2D eigenvalue weighted by molar-refractivity contribution is 7.95. The van der Waals surface area contributed by atoms with Crippen LogP contribution >= 0.6 is 12.2 Å². The van der Waals surface area contributed by atoms with Crippen LogP contribution in [0.15, 0.2) is 0 Å². The van der Waals surface area contributed by atoms with Crippen LogP contribution in [0, 0.1) is 0 Å². The maximum Gasteiger partial charge on any atom is 0.256 e. The average molecular weight is 303 g/mol. The Morgan fingerprint density at radius 1 is 1.32 bits per heavy atom. The van der Waals surface area contributed by atoms with Gasteiger partial charge in [0.25, 0.3) is 5.95 Å². The highest BCUT2D eigenvalue weighted by Gasteiger charge is 2.24. The first-order valence-corrected chi connectivity index (χ1v) is 7.80. The van der Waals surface area contributed by atoms with Crippen LogP contribution in [0.4, 0.5) is 5.95 Å². The molecule has 1 unspecified atom stereocenters. The van der Waals surface area contributed by atoms with Gasteiger partial charge in [-0.3, -0.25) is 0 Å². The Morgan fingerprint density at radius 3 is 2.37 bits per heavy atom. The van der Waals surface area contributed by atoms with E-state index in [1.165, 1.54) is 6.92 Å². The quantitative estimate of drug-likeness (QED) is 0.732. The molecule has 1 atom stereocenters. The highest BCUT2D eigenvalue weighted by Crippen LogP contribution is 2.10. The molecule has 3 N–H and O–H groups in total. The zero-order chi connectivity index (χ0) is 14.6. The number of nitrogens with two attached hydrogens (primary N) is 1. The van der Waals surface area contributed by atoms with Crippen LogP contribution in [0.2, 0.25) is 0 Å². The van der Waals surface area contributed by atoms with E-state index in [0.717, 1.165) is 11.4 Å². The Morgan fingerprint density at radius 2 is 1.89 bits per heavy atom. The number of thiocarbonyl (C=S) groups is 1. The van der Waals surface area contributed by atoms with E-state index in [-0.39, 0.29) is 10.9 Å². The molecule has 7 nitrogen and oxygen atoms in total. The molecule has 0 saturated heterocycles. The molecule has 9 heteroatoms. The molecule has 0 aromatic carbocycles. The second-order valence-electron chi connectivity index (χ2n) is 3.93. The zero-order valence-corrected chi connectivity index (χ0v) is 12.7. The van der Waals surface area contributed by atoms with Crippen molar-refractivity contribution in [1.82, 2.24) is 15.2 Å². The fourth-order valence-corrected chi connectivity index (χ4v) is 2.55. The van der Waals surface area contributed by atoms with Crippen LogP contribution in [0.3, 0.4) is 0 Å². The molecule has 1 rings (SSSR count).